The molecule has 0 amide bonds. The highest BCUT2D eigenvalue weighted by atomic mass is 31.2. The van der Waals surface area contributed by atoms with Crippen molar-refractivity contribution in [2.24, 2.45) is 0 Å². The van der Waals surface area contributed by atoms with Gasteiger partial charge in [0, 0.05) is 13.1 Å². The Balaban J connectivity index is 1.92. The van der Waals surface area contributed by atoms with Gasteiger partial charge in [-0.1, -0.05) is 105 Å². The summed E-state index contributed by atoms with van der Waals surface area (Å²) >= 11 is 0. The predicted octanol–water partition coefficient (Wildman–Crippen LogP) is 6.29. The first-order valence-corrected chi connectivity index (χ1v) is 11.0. The molecule has 4 heteroatoms. The van der Waals surface area contributed by atoms with Crippen LogP contribution in [0.5, 0.6) is 0 Å². The summed E-state index contributed by atoms with van der Waals surface area (Å²) in [5.41, 5.74) is 2.69. The lowest BCUT2D eigenvalue weighted by molar-refractivity contribution is 0.0732. The molecule has 2 atom stereocenters. The normalized spacial score (nSPS) is 21.1. The van der Waals surface area contributed by atoms with Crippen molar-refractivity contribution >= 4 is 8.53 Å². The van der Waals surface area contributed by atoms with Gasteiger partial charge in [-0.3, -0.25) is 0 Å². The Morgan fingerprint density at radius 2 is 1.21 bits per heavy atom. The van der Waals surface area contributed by atoms with Crippen LogP contribution < -0.4 is 0 Å². The molecule has 0 bridgehead atoms. The van der Waals surface area contributed by atoms with Crippen molar-refractivity contribution in [3.63, 3.8) is 0 Å². The summed E-state index contributed by atoms with van der Waals surface area (Å²) in [6.45, 7) is 6.09. The van der Waals surface area contributed by atoms with E-state index in [2.05, 4.69) is 91.3 Å². The standard InChI is InChI=1S/C24H26NO2P/c1-3-25(4-2)28-26-23(20-14-8-5-9-15-20)24(27-28,21-16-10-6-11-17-21)22-18-12-7-13-19-22/h5-19,23H,3-4H2,1-2H3/t23-,28?/m0/s1. The van der Waals surface area contributed by atoms with Crippen LogP contribution in [0.4, 0.5) is 0 Å². The van der Waals surface area contributed by atoms with Gasteiger partial charge in [0.1, 0.15) is 6.10 Å². The van der Waals surface area contributed by atoms with E-state index in [0.717, 1.165) is 29.8 Å². The molecule has 0 aliphatic carbocycles. The highest BCUT2D eigenvalue weighted by Gasteiger charge is 2.55. The third-order valence-electron chi connectivity index (χ3n) is 5.26. The van der Waals surface area contributed by atoms with Gasteiger partial charge >= 0.3 is 0 Å². The molecule has 28 heavy (non-hydrogen) atoms. The van der Waals surface area contributed by atoms with Gasteiger partial charge in [-0.05, 0) is 16.7 Å². The Kier molecular flexibility index (Phi) is 5.89. The minimum Gasteiger partial charge on any atom is -0.310 e. The summed E-state index contributed by atoms with van der Waals surface area (Å²) in [7, 11) is -1.17. The van der Waals surface area contributed by atoms with Crippen LogP contribution in [0.2, 0.25) is 0 Å². The van der Waals surface area contributed by atoms with Crippen molar-refractivity contribution in [1.29, 1.82) is 0 Å². The first-order valence-electron chi connectivity index (χ1n) is 9.86. The molecule has 1 saturated heterocycles. The molecule has 0 aromatic heterocycles. The Morgan fingerprint density at radius 1 is 0.750 bits per heavy atom. The molecular formula is C24H26NO2P. The molecule has 3 aromatic carbocycles. The fourth-order valence-corrected chi connectivity index (χ4v) is 5.56. The molecule has 0 N–H and O–H groups in total. The first kappa shape index (κ1) is 19.3. The minimum absolute atomic E-state index is 0.217. The highest BCUT2D eigenvalue weighted by Crippen LogP contribution is 2.66. The van der Waals surface area contributed by atoms with Crippen LogP contribution in [-0.2, 0) is 14.6 Å². The second-order valence-corrected chi connectivity index (χ2v) is 8.27. The molecule has 1 aliphatic heterocycles. The number of rotatable bonds is 6. The lowest BCUT2D eigenvalue weighted by Gasteiger charge is -2.34. The maximum Gasteiger partial charge on any atom is 0.260 e. The van der Waals surface area contributed by atoms with Crippen molar-refractivity contribution in [3.05, 3.63) is 108 Å². The van der Waals surface area contributed by atoms with Crippen molar-refractivity contribution in [2.45, 2.75) is 25.6 Å². The number of nitrogens with zero attached hydrogens (tertiary/aromatic N) is 1. The maximum atomic E-state index is 6.90. The first-order chi connectivity index (χ1) is 13.8. The smallest absolute Gasteiger partial charge is 0.260 e. The Morgan fingerprint density at radius 3 is 1.68 bits per heavy atom. The van der Waals surface area contributed by atoms with Crippen LogP contribution in [0, 0.1) is 0 Å². The molecule has 4 rings (SSSR count). The van der Waals surface area contributed by atoms with E-state index in [4.69, 9.17) is 9.05 Å². The van der Waals surface area contributed by atoms with Gasteiger partial charge in [0.25, 0.3) is 8.53 Å². The van der Waals surface area contributed by atoms with Crippen LogP contribution in [0.1, 0.15) is 36.6 Å². The third kappa shape index (κ3) is 3.40. The molecule has 1 heterocycles. The topological polar surface area (TPSA) is 21.7 Å². The van der Waals surface area contributed by atoms with Crippen LogP contribution in [-0.4, -0.2) is 17.8 Å². The average molecular weight is 391 g/mol. The Hall–Kier alpha value is -2.03. The van der Waals surface area contributed by atoms with E-state index < -0.39 is 14.1 Å². The lowest BCUT2D eigenvalue weighted by Crippen LogP contribution is -2.33. The summed E-state index contributed by atoms with van der Waals surface area (Å²) < 4.78 is 15.9. The highest BCUT2D eigenvalue weighted by molar-refractivity contribution is 7.44. The second-order valence-electron chi connectivity index (χ2n) is 6.83. The van der Waals surface area contributed by atoms with Gasteiger partial charge in [-0.2, -0.15) is 0 Å². The van der Waals surface area contributed by atoms with E-state index in [9.17, 15) is 0 Å². The van der Waals surface area contributed by atoms with Crippen molar-refractivity contribution in [3.8, 4) is 0 Å². The summed E-state index contributed by atoms with van der Waals surface area (Å²) in [5, 5.41) is 0. The fraction of sp³-hybridized carbons (Fsp3) is 0.250. The van der Waals surface area contributed by atoms with E-state index in [1.165, 1.54) is 0 Å². The molecule has 3 nitrogen and oxygen atoms in total. The molecule has 0 radical (unpaired) electrons. The predicted molar refractivity (Wildman–Crippen MR) is 115 cm³/mol. The van der Waals surface area contributed by atoms with E-state index in [1.54, 1.807) is 0 Å². The number of benzene rings is 3. The lowest BCUT2D eigenvalue weighted by atomic mass is 9.79. The van der Waals surface area contributed by atoms with Gasteiger partial charge in [0.2, 0.25) is 0 Å². The van der Waals surface area contributed by atoms with Gasteiger partial charge in [-0.15, -0.1) is 0 Å². The van der Waals surface area contributed by atoms with Crippen LogP contribution in [0.15, 0.2) is 91.0 Å². The quantitative estimate of drug-likeness (QED) is 0.461. The molecule has 1 fully saturated rings. The van der Waals surface area contributed by atoms with Gasteiger partial charge in [0.15, 0.2) is 5.60 Å². The molecule has 144 valence electrons. The van der Waals surface area contributed by atoms with Crippen LogP contribution in [0.25, 0.3) is 0 Å². The minimum atomic E-state index is -1.17. The molecule has 3 aromatic rings. The summed E-state index contributed by atoms with van der Waals surface area (Å²) in [6.07, 6.45) is -0.217. The van der Waals surface area contributed by atoms with Crippen LogP contribution in [0.3, 0.4) is 0 Å². The zero-order chi connectivity index (χ0) is 19.4. The Bertz CT molecular complexity index is 829. The van der Waals surface area contributed by atoms with Gasteiger partial charge in [0.05, 0.1) is 0 Å². The fourth-order valence-electron chi connectivity index (χ4n) is 3.81. The van der Waals surface area contributed by atoms with Crippen molar-refractivity contribution in [1.82, 2.24) is 4.67 Å². The number of hydrogen-bond donors (Lipinski definition) is 0. The largest absolute Gasteiger partial charge is 0.310 e. The molecule has 0 spiro atoms. The molecule has 0 saturated carbocycles. The van der Waals surface area contributed by atoms with Gasteiger partial charge in [-0.25, -0.2) is 4.67 Å². The van der Waals surface area contributed by atoms with E-state index >= 15 is 0 Å². The monoisotopic (exact) mass is 391 g/mol. The van der Waals surface area contributed by atoms with Crippen LogP contribution >= 0.6 is 8.53 Å². The average Bonchev–Trinajstić information content (AvgIpc) is 3.18. The molecule has 1 unspecified atom stereocenters. The summed E-state index contributed by atoms with van der Waals surface area (Å²) in [6, 6.07) is 31.4. The van der Waals surface area contributed by atoms with Crippen molar-refractivity contribution < 1.29 is 9.05 Å². The maximum absolute atomic E-state index is 6.90. The summed E-state index contributed by atoms with van der Waals surface area (Å²) in [5.74, 6) is 0. The molecule has 1 aliphatic rings. The molecular weight excluding hydrogens is 365 g/mol. The number of hydrogen-bond acceptors (Lipinski definition) is 3. The zero-order valence-electron chi connectivity index (χ0n) is 16.4. The van der Waals surface area contributed by atoms with E-state index in [-0.39, 0.29) is 6.10 Å². The SMILES string of the molecule is CCN(CC)P1O[C@@H](c2ccccc2)C(c2ccccc2)(c2ccccc2)O1. The second kappa shape index (κ2) is 8.55. The van der Waals surface area contributed by atoms with E-state index in [0.29, 0.717) is 0 Å². The van der Waals surface area contributed by atoms with E-state index in [1.807, 2.05) is 18.2 Å². The zero-order valence-corrected chi connectivity index (χ0v) is 17.3. The third-order valence-corrected chi connectivity index (χ3v) is 7.12. The summed E-state index contributed by atoms with van der Waals surface area (Å²) in [4.78, 5) is 0. The van der Waals surface area contributed by atoms with Gasteiger partial charge < -0.3 is 9.05 Å². The van der Waals surface area contributed by atoms with Crippen molar-refractivity contribution in [2.75, 3.05) is 13.1 Å². The Labute approximate surface area is 168 Å².